The highest BCUT2D eigenvalue weighted by Gasteiger charge is 2.46. The minimum atomic E-state index is -0.724. The normalized spacial score (nSPS) is 17.8. The maximum Gasteiger partial charge on any atom is 0.295 e. The van der Waals surface area contributed by atoms with Crippen molar-refractivity contribution in [1.82, 2.24) is 4.90 Å². The summed E-state index contributed by atoms with van der Waals surface area (Å²) in [5, 5.41) is 11.2. The lowest BCUT2D eigenvalue weighted by atomic mass is 9.94. The summed E-state index contributed by atoms with van der Waals surface area (Å²) >= 11 is 0. The number of nitrogens with zero attached hydrogens (tertiary/aromatic N) is 1. The molecule has 1 aliphatic rings. The van der Waals surface area contributed by atoms with Crippen molar-refractivity contribution in [2.45, 2.75) is 39.7 Å². The molecule has 1 aliphatic heterocycles. The molecule has 0 aliphatic carbocycles. The average Bonchev–Trinajstić information content (AvgIpc) is 3.05. The second kappa shape index (κ2) is 10.4. The molecule has 1 unspecified atom stereocenters. The van der Waals surface area contributed by atoms with Crippen LogP contribution in [0.3, 0.4) is 0 Å². The number of aliphatic hydroxyl groups excluding tert-OH is 1. The van der Waals surface area contributed by atoms with E-state index in [0.29, 0.717) is 41.7 Å². The minimum Gasteiger partial charge on any atom is -0.507 e. The number of carbonyl (C=O) groups excluding carboxylic acids is 2. The number of hydrogen-bond acceptors (Lipinski definition) is 5. The lowest BCUT2D eigenvalue weighted by Gasteiger charge is -2.26. The summed E-state index contributed by atoms with van der Waals surface area (Å²) in [5.74, 6) is -0.0151. The van der Waals surface area contributed by atoms with Crippen LogP contribution in [-0.2, 0) is 9.59 Å². The van der Waals surface area contributed by atoms with E-state index in [-0.39, 0.29) is 11.3 Å². The van der Waals surface area contributed by atoms with E-state index in [2.05, 4.69) is 13.8 Å². The third-order valence-electron chi connectivity index (χ3n) is 5.42. The number of para-hydroxylation sites is 1. The van der Waals surface area contributed by atoms with Crippen molar-refractivity contribution in [3.8, 4) is 11.5 Å². The van der Waals surface area contributed by atoms with Crippen LogP contribution in [0.2, 0.25) is 0 Å². The van der Waals surface area contributed by atoms with Gasteiger partial charge < -0.3 is 19.5 Å². The van der Waals surface area contributed by atoms with E-state index in [1.165, 1.54) is 4.90 Å². The molecule has 1 N–H and O–H groups in total. The molecule has 2 aromatic carbocycles. The summed E-state index contributed by atoms with van der Waals surface area (Å²) in [5.41, 5.74) is 1.16. The molecule has 1 atom stereocenters. The third kappa shape index (κ3) is 4.79. The quantitative estimate of drug-likeness (QED) is 0.341. The van der Waals surface area contributed by atoms with Gasteiger partial charge in [-0.25, -0.2) is 0 Å². The van der Waals surface area contributed by atoms with E-state index in [0.717, 1.165) is 12.8 Å². The lowest BCUT2D eigenvalue weighted by Crippen LogP contribution is -2.30. The smallest absolute Gasteiger partial charge is 0.295 e. The zero-order chi connectivity index (χ0) is 23.3. The second-order valence-electron chi connectivity index (χ2n) is 8.32. The molecule has 1 amide bonds. The summed E-state index contributed by atoms with van der Waals surface area (Å²) in [6.45, 7) is 7.08. The van der Waals surface area contributed by atoms with Crippen molar-refractivity contribution in [3.05, 3.63) is 65.2 Å². The Morgan fingerprint density at radius 2 is 1.88 bits per heavy atom. The summed E-state index contributed by atoms with van der Waals surface area (Å²) in [7, 11) is 1.55. The minimum absolute atomic E-state index is 0.0663. The molecule has 0 bridgehead atoms. The Bertz CT molecular complexity index is 1010. The van der Waals surface area contributed by atoms with Crippen molar-refractivity contribution in [2.75, 3.05) is 20.3 Å². The Morgan fingerprint density at radius 1 is 1.12 bits per heavy atom. The summed E-state index contributed by atoms with van der Waals surface area (Å²) in [6, 6.07) is 13.5. The van der Waals surface area contributed by atoms with E-state index in [1.807, 2.05) is 25.1 Å². The van der Waals surface area contributed by atoms with Gasteiger partial charge in [0.25, 0.3) is 11.7 Å². The summed E-state index contributed by atoms with van der Waals surface area (Å²) in [6.07, 6.45) is 1.62. The van der Waals surface area contributed by atoms with Crippen LogP contribution in [0.15, 0.2) is 54.1 Å². The number of hydrogen-bond donors (Lipinski definition) is 1. The fourth-order valence-corrected chi connectivity index (χ4v) is 3.81. The highest BCUT2D eigenvalue weighted by atomic mass is 16.5. The topological polar surface area (TPSA) is 76.1 Å². The largest absolute Gasteiger partial charge is 0.507 e. The molecule has 1 saturated heterocycles. The number of amides is 1. The fourth-order valence-electron chi connectivity index (χ4n) is 3.81. The third-order valence-corrected chi connectivity index (χ3v) is 5.42. The van der Waals surface area contributed by atoms with Gasteiger partial charge in [-0.2, -0.15) is 0 Å². The number of benzene rings is 2. The maximum absolute atomic E-state index is 13.1. The molecule has 1 fully saturated rings. The lowest BCUT2D eigenvalue weighted by molar-refractivity contribution is -0.139. The number of rotatable bonds is 9. The zero-order valence-electron chi connectivity index (χ0n) is 19.1. The molecular formula is C26H31NO5. The Hall–Kier alpha value is -3.28. The Kier molecular flexibility index (Phi) is 7.57. The zero-order valence-corrected chi connectivity index (χ0v) is 19.1. The molecule has 0 saturated carbocycles. The van der Waals surface area contributed by atoms with Crippen LogP contribution in [0.5, 0.6) is 11.5 Å². The van der Waals surface area contributed by atoms with E-state index < -0.39 is 17.7 Å². The number of aliphatic hydroxyl groups is 1. The van der Waals surface area contributed by atoms with Gasteiger partial charge in [-0.1, -0.05) is 57.5 Å². The molecule has 170 valence electrons. The van der Waals surface area contributed by atoms with Gasteiger partial charge in [0.2, 0.25) is 0 Å². The first kappa shape index (κ1) is 23.4. The number of likely N-dealkylation sites (tertiary alicyclic amines) is 1. The Balaban J connectivity index is 2.12. The first-order valence-electron chi connectivity index (χ1n) is 11.0. The van der Waals surface area contributed by atoms with Gasteiger partial charge in [0.15, 0.2) is 0 Å². The average molecular weight is 438 g/mol. The van der Waals surface area contributed by atoms with E-state index in [1.54, 1.807) is 37.4 Å². The maximum atomic E-state index is 13.1. The first-order valence-corrected chi connectivity index (χ1v) is 11.0. The summed E-state index contributed by atoms with van der Waals surface area (Å²) < 4.78 is 11.3. The monoisotopic (exact) mass is 437 g/mol. The molecule has 2 aromatic rings. The molecule has 0 aromatic heterocycles. The van der Waals surface area contributed by atoms with Gasteiger partial charge in [0, 0.05) is 17.7 Å². The summed E-state index contributed by atoms with van der Waals surface area (Å²) in [4.78, 5) is 27.6. The number of Topliss-reactive ketones (excluding diaryl/α,β-unsaturated/α-hetero) is 1. The molecule has 32 heavy (non-hydrogen) atoms. The standard InChI is InChI=1S/C26H31NO5/c1-5-6-14-27-23(20-12-7-8-13-21(20)31-4)22(25(29)26(27)30)24(28)18-10-9-11-19(15-18)32-16-17(2)3/h7-13,15,17,23,28H,5-6,14,16H2,1-4H3/b24-22-. The van der Waals surface area contributed by atoms with E-state index in [4.69, 9.17) is 9.47 Å². The van der Waals surface area contributed by atoms with Crippen molar-refractivity contribution >= 4 is 17.4 Å². The first-order chi connectivity index (χ1) is 15.4. The van der Waals surface area contributed by atoms with Gasteiger partial charge in [0.05, 0.1) is 25.3 Å². The van der Waals surface area contributed by atoms with Crippen molar-refractivity contribution < 1.29 is 24.2 Å². The molecule has 6 heteroatoms. The number of unbranched alkanes of at least 4 members (excludes halogenated alkanes) is 1. The highest BCUT2D eigenvalue weighted by molar-refractivity contribution is 6.46. The molecule has 6 nitrogen and oxygen atoms in total. The van der Waals surface area contributed by atoms with Gasteiger partial charge in [0.1, 0.15) is 17.3 Å². The van der Waals surface area contributed by atoms with Crippen LogP contribution in [-0.4, -0.2) is 42.0 Å². The molecule has 0 spiro atoms. The SMILES string of the molecule is CCCCN1C(=O)C(=O)/C(=C(\O)c2cccc(OCC(C)C)c2)C1c1ccccc1OC. The predicted octanol–water partition coefficient (Wildman–Crippen LogP) is 4.95. The van der Waals surface area contributed by atoms with Gasteiger partial charge in [-0.3, -0.25) is 9.59 Å². The number of methoxy groups -OCH3 is 1. The number of carbonyl (C=O) groups is 2. The van der Waals surface area contributed by atoms with Crippen LogP contribution >= 0.6 is 0 Å². The number of ketones is 1. The van der Waals surface area contributed by atoms with Crippen LogP contribution in [0.4, 0.5) is 0 Å². The number of ether oxygens (including phenoxy) is 2. The second-order valence-corrected chi connectivity index (χ2v) is 8.32. The van der Waals surface area contributed by atoms with Crippen LogP contribution in [0, 0.1) is 5.92 Å². The van der Waals surface area contributed by atoms with Gasteiger partial charge in [-0.05, 0) is 30.5 Å². The fraction of sp³-hybridized carbons (Fsp3) is 0.385. The highest BCUT2D eigenvalue weighted by Crippen LogP contribution is 2.42. The van der Waals surface area contributed by atoms with Crippen molar-refractivity contribution in [1.29, 1.82) is 0 Å². The van der Waals surface area contributed by atoms with Crippen LogP contribution in [0.25, 0.3) is 5.76 Å². The Labute approximate surface area is 189 Å². The van der Waals surface area contributed by atoms with Gasteiger partial charge >= 0.3 is 0 Å². The van der Waals surface area contributed by atoms with E-state index in [9.17, 15) is 14.7 Å². The van der Waals surface area contributed by atoms with Crippen molar-refractivity contribution in [3.63, 3.8) is 0 Å². The Morgan fingerprint density at radius 3 is 2.56 bits per heavy atom. The van der Waals surface area contributed by atoms with E-state index >= 15 is 0 Å². The van der Waals surface area contributed by atoms with Crippen LogP contribution in [0.1, 0.15) is 50.8 Å². The predicted molar refractivity (Wildman–Crippen MR) is 124 cm³/mol. The molecular weight excluding hydrogens is 406 g/mol. The molecule has 1 heterocycles. The van der Waals surface area contributed by atoms with Crippen molar-refractivity contribution in [2.24, 2.45) is 5.92 Å². The molecule has 3 rings (SSSR count). The van der Waals surface area contributed by atoms with Gasteiger partial charge in [-0.15, -0.1) is 0 Å². The molecule has 0 radical (unpaired) electrons. The van der Waals surface area contributed by atoms with Crippen LogP contribution < -0.4 is 9.47 Å².